The zero-order valence-corrected chi connectivity index (χ0v) is 18.8. The highest BCUT2D eigenvalue weighted by molar-refractivity contribution is 7.90. The van der Waals surface area contributed by atoms with Crippen LogP contribution in [0, 0.1) is 11.7 Å². The van der Waals surface area contributed by atoms with Crippen LogP contribution in [-0.2, 0) is 9.84 Å². The van der Waals surface area contributed by atoms with Gasteiger partial charge >= 0.3 is 0 Å². The summed E-state index contributed by atoms with van der Waals surface area (Å²) >= 11 is 0. The van der Waals surface area contributed by atoms with Crippen molar-refractivity contribution in [3.8, 4) is 5.75 Å². The summed E-state index contributed by atoms with van der Waals surface area (Å²) in [7, 11) is -3.40. The van der Waals surface area contributed by atoms with E-state index >= 15 is 0 Å². The fourth-order valence-corrected chi connectivity index (χ4v) is 4.64. The summed E-state index contributed by atoms with van der Waals surface area (Å²) in [6.07, 6.45) is 5.57. The lowest BCUT2D eigenvalue weighted by Crippen LogP contribution is -2.53. The van der Waals surface area contributed by atoms with Gasteiger partial charge in [0.05, 0.1) is 11.5 Å². The number of benzene rings is 1. The Morgan fingerprint density at radius 3 is 2.46 bits per heavy atom. The Morgan fingerprint density at radius 1 is 1.21 bits per heavy atom. The lowest BCUT2D eigenvalue weighted by molar-refractivity contribution is 0.0923. The first-order valence-corrected chi connectivity index (χ1v) is 11.3. The highest BCUT2D eigenvalue weighted by atomic mass is 35.5. The number of hydrogen-bond acceptors (Lipinski definition) is 5. The van der Waals surface area contributed by atoms with Crippen molar-refractivity contribution in [1.82, 2.24) is 10.2 Å². The topological polar surface area (TPSA) is 58.6 Å². The summed E-state index contributed by atoms with van der Waals surface area (Å²) in [6, 6.07) is 5.06. The smallest absolute Gasteiger partial charge is 0.175 e. The van der Waals surface area contributed by atoms with E-state index in [9.17, 15) is 12.8 Å². The van der Waals surface area contributed by atoms with Gasteiger partial charge in [-0.25, -0.2) is 12.8 Å². The molecular weight excluding hydrogens is 426 g/mol. The van der Waals surface area contributed by atoms with E-state index in [-0.39, 0.29) is 35.5 Å². The number of piperazine rings is 1. The molecule has 0 bridgehead atoms. The lowest BCUT2D eigenvalue weighted by Gasteiger charge is -2.41. The van der Waals surface area contributed by atoms with Gasteiger partial charge in [-0.05, 0) is 56.7 Å². The van der Waals surface area contributed by atoms with Crippen LogP contribution in [0.2, 0.25) is 0 Å². The molecule has 28 heavy (non-hydrogen) atoms. The summed E-state index contributed by atoms with van der Waals surface area (Å²) in [5.41, 5.74) is 0. The number of sulfone groups is 1. The fourth-order valence-electron chi connectivity index (χ4n) is 4.01. The van der Waals surface area contributed by atoms with Crippen molar-refractivity contribution < 1.29 is 17.5 Å². The van der Waals surface area contributed by atoms with E-state index in [1.165, 1.54) is 12.1 Å². The molecule has 1 aromatic rings. The Bertz CT molecular complexity index is 728. The molecule has 1 N–H and O–H groups in total. The van der Waals surface area contributed by atoms with Crippen LogP contribution in [0.5, 0.6) is 5.75 Å². The van der Waals surface area contributed by atoms with E-state index in [2.05, 4.69) is 17.1 Å². The molecule has 0 spiro atoms. The molecule has 1 aromatic carbocycles. The minimum absolute atomic E-state index is 0. The van der Waals surface area contributed by atoms with Crippen molar-refractivity contribution in [2.45, 2.75) is 49.6 Å². The van der Waals surface area contributed by atoms with Crippen molar-refractivity contribution in [3.05, 3.63) is 24.0 Å². The second kappa shape index (κ2) is 11.0. The van der Waals surface area contributed by atoms with Gasteiger partial charge in [-0.2, -0.15) is 0 Å². The van der Waals surface area contributed by atoms with Crippen molar-refractivity contribution in [2.24, 2.45) is 5.92 Å². The Hall–Kier alpha value is -0.600. The van der Waals surface area contributed by atoms with Crippen molar-refractivity contribution in [3.63, 3.8) is 0 Å². The van der Waals surface area contributed by atoms with E-state index in [0.717, 1.165) is 57.6 Å². The third-order valence-electron chi connectivity index (χ3n) is 5.54. The minimum Gasteiger partial charge on any atom is -0.490 e. The summed E-state index contributed by atoms with van der Waals surface area (Å²) in [4.78, 5) is 2.58. The Morgan fingerprint density at radius 2 is 1.89 bits per heavy atom. The molecule has 9 heteroatoms. The van der Waals surface area contributed by atoms with Crippen LogP contribution in [0.4, 0.5) is 4.39 Å². The maximum atomic E-state index is 14.1. The molecule has 2 aliphatic rings. The highest BCUT2D eigenvalue weighted by Gasteiger charge is 2.28. The van der Waals surface area contributed by atoms with Crippen molar-refractivity contribution in [2.75, 3.05) is 32.5 Å². The summed E-state index contributed by atoms with van der Waals surface area (Å²) < 4.78 is 42.7. The van der Waals surface area contributed by atoms with Crippen LogP contribution in [0.15, 0.2) is 23.1 Å². The first-order valence-electron chi connectivity index (χ1n) is 9.43. The summed E-state index contributed by atoms with van der Waals surface area (Å²) in [5.74, 6) is -0.0487. The SMILES string of the molecule is CC1CN(C2CCC(COc3ccc(S(C)(=O)=O)cc3F)CC2)CCN1.Cl.Cl. The van der Waals surface area contributed by atoms with Crippen LogP contribution in [-0.4, -0.2) is 57.9 Å². The molecule has 162 valence electrons. The van der Waals surface area contributed by atoms with Gasteiger partial charge in [0.15, 0.2) is 21.4 Å². The molecule has 5 nitrogen and oxygen atoms in total. The Labute approximate surface area is 180 Å². The monoisotopic (exact) mass is 456 g/mol. The van der Waals surface area contributed by atoms with Gasteiger partial charge < -0.3 is 10.1 Å². The van der Waals surface area contributed by atoms with E-state index in [0.29, 0.717) is 24.6 Å². The number of hydrogen-bond donors (Lipinski definition) is 1. The van der Waals surface area contributed by atoms with E-state index in [4.69, 9.17) is 4.74 Å². The number of nitrogens with zero attached hydrogens (tertiary/aromatic N) is 1. The van der Waals surface area contributed by atoms with Crippen LogP contribution in [0.3, 0.4) is 0 Å². The fraction of sp³-hybridized carbons (Fsp3) is 0.684. The maximum absolute atomic E-state index is 14.1. The molecule has 2 fully saturated rings. The molecule has 1 atom stereocenters. The largest absolute Gasteiger partial charge is 0.490 e. The molecule has 1 unspecified atom stereocenters. The van der Waals surface area contributed by atoms with Gasteiger partial charge in [0, 0.05) is 38.0 Å². The van der Waals surface area contributed by atoms with Crippen LogP contribution < -0.4 is 10.1 Å². The van der Waals surface area contributed by atoms with Gasteiger partial charge in [0.25, 0.3) is 0 Å². The zero-order chi connectivity index (χ0) is 18.7. The number of halogens is 3. The molecule has 0 aromatic heterocycles. The first-order chi connectivity index (χ1) is 12.3. The van der Waals surface area contributed by atoms with Gasteiger partial charge in [-0.1, -0.05) is 0 Å². The Kier molecular flexibility index (Phi) is 9.97. The number of nitrogens with one attached hydrogen (secondary N) is 1. The van der Waals surface area contributed by atoms with E-state index in [1.54, 1.807) is 0 Å². The minimum atomic E-state index is -3.40. The normalized spacial score (nSPS) is 26.0. The average molecular weight is 457 g/mol. The zero-order valence-electron chi connectivity index (χ0n) is 16.4. The number of rotatable bonds is 5. The van der Waals surface area contributed by atoms with Crippen molar-refractivity contribution in [1.29, 1.82) is 0 Å². The third-order valence-corrected chi connectivity index (χ3v) is 6.65. The van der Waals surface area contributed by atoms with E-state index in [1.807, 2.05) is 0 Å². The lowest BCUT2D eigenvalue weighted by atomic mass is 9.85. The second-order valence-electron chi connectivity index (χ2n) is 7.70. The third kappa shape index (κ3) is 6.73. The standard InChI is InChI=1S/C19H29FN2O3S.2ClH/c1-14-12-22(10-9-21-14)16-5-3-15(4-6-16)13-25-19-8-7-17(11-18(19)20)26(2,23)24;;/h7-8,11,14-16,21H,3-6,9-10,12-13H2,1-2H3;2*1H. The molecule has 3 rings (SSSR count). The maximum Gasteiger partial charge on any atom is 0.175 e. The van der Waals surface area contributed by atoms with Gasteiger partial charge in [-0.3, -0.25) is 4.90 Å². The molecular formula is C19H31Cl2FN2O3S. The molecule has 0 radical (unpaired) electrons. The van der Waals surface area contributed by atoms with Crippen LogP contribution in [0.1, 0.15) is 32.6 Å². The molecule has 1 saturated carbocycles. The molecule has 1 heterocycles. The Balaban J connectivity index is 0.00000196. The second-order valence-corrected chi connectivity index (χ2v) is 9.72. The van der Waals surface area contributed by atoms with Crippen LogP contribution in [0.25, 0.3) is 0 Å². The predicted octanol–water partition coefficient (Wildman–Crippen LogP) is 3.30. The van der Waals surface area contributed by atoms with Gasteiger partial charge in [-0.15, -0.1) is 24.8 Å². The summed E-state index contributed by atoms with van der Waals surface area (Å²) in [6.45, 7) is 6.01. The highest BCUT2D eigenvalue weighted by Crippen LogP contribution is 2.29. The summed E-state index contributed by atoms with van der Waals surface area (Å²) in [5, 5.41) is 3.48. The first kappa shape index (κ1) is 25.4. The van der Waals surface area contributed by atoms with Gasteiger partial charge in [0.1, 0.15) is 0 Å². The molecule has 0 amide bonds. The van der Waals surface area contributed by atoms with E-state index < -0.39 is 15.7 Å². The van der Waals surface area contributed by atoms with Crippen molar-refractivity contribution >= 4 is 34.7 Å². The number of ether oxygens (including phenoxy) is 1. The molecule has 1 saturated heterocycles. The molecule has 1 aliphatic carbocycles. The molecule has 1 aliphatic heterocycles. The quantitative estimate of drug-likeness (QED) is 0.736. The van der Waals surface area contributed by atoms with Crippen LogP contribution >= 0.6 is 24.8 Å². The van der Waals surface area contributed by atoms with Gasteiger partial charge in [0.2, 0.25) is 0 Å². The average Bonchev–Trinajstić information content (AvgIpc) is 2.60. The predicted molar refractivity (Wildman–Crippen MR) is 114 cm³/mol.